The Kier molecular flexibility index (Phi) is 14.2. The number of H-pyrrole nitrogens is 1. The number of nitrogens with two attached hydrogens (primary N) is 1. The van der Waals surface area contributed by atoms with Crippen molar-refractivity contribution in [2.45, 2.75) is 134 Å². The molecule has 7 N–H and O–H groups in total. The number of benzene rings is 2. The molecule has 2 fully saturated rings. The monoisotopic (exact) mass is 830 g/mol. The topological polar surface area (TPSA) is 158 Å². The number of hydrogen-bond acceptors (Lipinski definition) is 8. The molecule has 2 heterocycles. The molecule has 326 valence electrons. The molecule has 0 radical (unpaired) electrons. The van der Waals surface area contributed by atoms with Gasteiger partial charge in [0.25, 0.3) is 0 Å². The van der Waals surface area contributed by atoms with Gasteiger partial charge < -0.3 is 36.1 Å². The first-order valence-electron chi connectivity index (χ1n) is 22.9. The van der Waals surface area contributed by atoms with Crippen LogP contribution in [0.15, 0.2) is 78.3 Å². The summed E-state index contributed by atoms with van der Waals surface area (Å²) >= 11 is 0. The van der Waals surface area contributed by atoms with E-state index in [1.54, 1.807) is 12.1 Å². The highest BCUT2D eigenvalue weighted by Gasteiger charge is 2.49. The number of aryl methyl sites for hydroxylation is 1. The molecular formula is C52H67N3O6. The largest absolute Gasteiger partial charge is 0.504 e. The number of allylic oxidation sites excluding steroid dienone is 2. The summed E-state index contributed by atoms with van der Waals surface area (Å²) in [5.74, 6) is 5.73. The number of methoxy groups -OCH3 is 1. The first-order chi connectivity index (χ1) is 29.4. The molecule has 9 heteroatoms. The molecule has 9 nitrogen and oxygen atoms in total. The quantitative estimate of drug-likeness (QED) is 0.0830. The van der Waals surface area contributed by atoms with Crippen molar-refractivity contribution >= 4 is 11.6 Å². The number of hydrogen-bond donors (Lipinski definition) is 6. The van der Waals surface area contributed by atoms with Crippen molar-refractivity contribution in [1.29, 1.82) is 0 Å². The van der Waals surface area contributed by atoms with Crippen LogP contribution in [0.2, 0.25) is 0 Å². The van der Waals surface area contributed by atoms with Gasteiger partial charge in [-0.3, -0.25) is 9.59 Å². The number of carbonyl (C=O) groups is 2. The van der Waals surface area contributed by atoms with Crippen LogP contribution in [0, 0.1) is 41.4 Å². The van der Waals surface area contributed by atoms with Crippen LogP contribution < -0.4 is 15.8 Å². The van der Waals surface area contributed by atoms with Crippen molar-refractivity contribution in [2.75, 3.05) is 13.7 Å². The standard InChI is InChI=1S/C52H67N3O6/c1-5-12-41(51(60)52(20-10-7-11-21-52)47-29-39(31-55-47)32(2)3)38-25-34(23-33-19-22-54-48(53)26-33)24-36-15-17-40(35-13-8-6-9-14-35)42-30-45(57)46(61-4)28-37(42)16-18-44(56)50(59)49(58)43(36)27-38/h6,8-9,13-14,19,26,28-32,34,36,38,40-41,43,50-51,54-55,57,59-60H,5,7,10-12,16,18,20-25,27,53H2,1-4H3/t34-,36+,38+,40+,41-,43-,50-,51-/m0/s1. The van der Waals surface area contributed by atoms with Crippen molar-refractivity contribution in [3.63, 3.8) is 0 Å². The number of phenolic OH excluding ortho intramolecular Hbond substituents is 1. The minimum absolute atomic E-state index is 0.0218. The number of aromatic nitrogens is 1. The zero-order chi connectivity index (χ0) is 43.3. The highest BCUT2D eigenvalue weighted by molar-refractivity contribution is 6.06. The van der Waals surface area contributed by atoms with Crippen molar-refractivity contribution in [3.8, 4) is 23.3 Å². The van der Waals surface area contributed by atoms with Crippen LogP contribution in [0.1, 0.15) is 138 Å². The van der Waals surface area contributed by atoms with E-state index in [2.05, 4.69) is 61.3 Å². The molecule has 0 spiro atoms. The number of phenols is 1. The van der Waals surface area contributed by atoms with Gasteiger partial charge in [-0.2, -0.15) is 0 Å². The highest BCUT2D eigenvalue weighted by Crippen LogP contribution is 2.51. The molecule has 7 rings (SSSR count). The average Bonchev–Trinajstić information content (AvgIpc) is 3.71. The molecule has 4 aliphatic rings. The first kappa shape index (κ1) is 44.3. The maximum Gasteiger partial charge on any atom is 0.173 e. The number of nitrogens with one attached hydrogen (secondary N) is 2. The Hall–Kier alpha value is -4.78. The first-order valence-corrected chi connectivity index (χ1v) is 22.9. The predicted molar refractivity (Wildman–Crippen MR) is 240 cm³/mol. The third-order valence-corrected chi connectivity index (χ3v) is 14.5. The lowest BCUT2D eigenvalue weighted by Gasteiger charge is -2.46. The summed E-state index contributed by atoms with van der Waals surface area (Å²) in [6.45, 7) is 7.20. The van der Waals surface area contributed by atoms with Gasteiger partial charge in [0.1, 0.15) is 0 Å². The molecule has 3 aliphatic carbocycles. The van der Waals surface area contributed by atoms with Crippen molar-refractivity contribution in [1.82, 2.24) is 10.3 Å². The molecule has 61 heavy (non-hydrogen) atoms. The number of aromatic amines is 1. The summed E-state index contributed by atoms with van der Waals surface area (Å²) in [5.41, 5.74) is 11.8. The molecule has 0 bridgehead atoms. The lowest BCUT2D eigenvalue weighted by molar-refractivity contribution is -0.142. The van der Waals surface area contributed by atoms with Gasteiger partial charge in [-0.05, 0) is 127 Å². The Balaban J connectivity index is 1.36. The molecule has 1 aromatic heterocycles. The molecule has 8 atom stereocenters. The molecule has 1 aliphatic heterocycles. The summed E-state index contributed by atoms with van der Waals surface area (Å²) in [6.07, 6.45) is 13.2. The van der Waals surface area contributed by atoms with E-state index in [-0.39, 0.29) is 42.1 Å². The molecule has 0 saturated heterocycles. The average molecular weight is 830 g/mol. The van der Waals surface area contributed by atoms with Gasteiger partial charge >= 0.3 is 0 Å². The number of aromatic hydroxyl groups is 1. The van der Waals surface area contributed by atoms with Crippen LogP contribution in [0.25, 0.3) is 0 Å². The number of Topliss-reactive ketones (excluding diaryl/α,β-unsaturated/α-hetero) is 2. The fourth-order valence-electron chi connectivity index (χ4n) is 11.3. The molecule has 2 aromatic carbocycles. The Morgan fingerprint density at radius 1 is 1.00 bits per heavy atom. The van der Waals surface area contributed by atoms with Gasteiger partial charge in [0.15, 0.2) is 29.2 Å². The molecule has 0 unspecified atom stereocenters. The Morgan fingerprint density at radius 2 is 1.77 bits per heavy atom. The third-order valence-electron chi connectivity index (χ3n) is 14.5. The fraction of sp³-hybridized carbons (Fsp3) is 0.538. The second-order valence-electron chi connectivity index (χ2n) is 18.8. The highest BCUT2D eigenvalue weighted by atomic mass is 16.5. The Labute approximate surface area is 362 Å². The zero-order valence-electron chi connectivity index (χ0n) is 36.6. The number of aliphatic hydroxyl groups excluding tert-OH is 2. The van der Waals surface area contributed by atoms with Gasteiger partial charge in [-0.15, -0.1) is 0 Å². The van der Waals surface area contributed by atoms with Crippen LogP contribution in [0.5, 0.6) is 11.5 Å². The van der Waals surface area contributed by atoms with Crippen molar-refractivity contribution in [2.24, 2.45) is 35.3 Å². The second-order valence-corrected chi connectivity index (χ2v) is 18.8. The summed E-state index contributed by atoms with van der Waals surface area (Å²) in [6, 6.07) is 15.6. The summed E-state index contributed by atoms with van der Waals surface area (Å²) in [5, 5.41) is 39.1. The molecular weight excluding hydrogens is 763 g/mol. The number of carbonyl (C=O) groups excluding carboxylic acids is 2. The lowest BCUT2D eigenvalue weighted by atomic mass is 9.61. The summed E-state index contributed by atoms with van der Waals surface area (Å²) in [7, 11) is 1.49. The van der Waals surface area contributed by atoms with Crippen LogP contribution in [-0.4, -0.2) is 57.7 Å². The van der Waals surface area contributed by atoms with E-state index in [0.717, 1.165) is 85.7 Å². The normalized spacial score (nSPS) is 26.7. The van der Waals surface area contributed by atoms with E-state index >= 15 is 0 Å². The van der Waals surface area contributed by atoms with Crippen molar-refractivity contribution in [3.05, 3.63) is 106 Å². The Morgan fingerprint density at radius 3 is 2.46 bits per heavy atom. The Bertz CT molecular complexity index is 2140. The SMILES string of the molecule is CCC[C@@H]([C@@H]1C[C@@H](CC2=CCNC(N)=C2)C[C@H]2C#C[C@H](c3ccccc3)c3cc(O)c(OC)cc3CCC(=O)[C@H](O)C(=O)[C@H]2C1)[C@H](O)C1(c2cc(C(C)C)c[nH]2)CCCCC1. The van der Waals surface area contributed by atoms with E-state index in [0.29, 0.717) is 31.1 Å². The van der Waals surface area contributed by atoms with Gasteiger partial charge in [0, 0.05) is 42.1 Å². The molecule has 2 saturated carbocycles. The van der Waals surface area contributed by atoms with E-state index in [1.807, 2.05) is 36.4 Å². The van der Waals surface area contributed by atoms with E-state index < -0.39 is 46.9 Å². The van der Waals surface area contributed by atoms with Gasteiger partial charge in [-0.25, -0.2) is 0 Å². The van der Waals surface area contributed by atoms with Crippen LogP contribution in [-0.2, 0) is 21.4 Å². The van der Waals surface area contributed by atoms with E-state index in [4.69, 9.17) is 10.5 Å². The zero-order valence-corrected chi connectivity index (χ0v) is 36.6. The summed E-state index contributed by atoms with van der Waals surface area (Å²) in [4.78, 5) is 32.5. The van der Waals surface area contributed by atoms with Crippen LogP contribution >= 0.6 is 0 Å². The number of ketones is 2. The maximum atomic E-state index is 14.9. The van der Waals surface area contributed by atoms with Crippen molar-refractivity contribution < 1.29 is 29.6 Å². The lowest BCUT2D eigenvalue weighted by Crippen LogP contribution is -2.48. The van der Waals surface area contributed by atoms with Gasteiger partial charge in [-0.1, -0.05) is 94.7 Å². The number of fused-ring (bicyclic) bond motifs is 2. The van der Waals surface area contributed by atoms with E-state index in [9.17, 15) is 24.9 Å². The van der Waals surface area contributed by atoms with Crippen LogP contribution in [0.4, 0.5) is 0 Å². The fourth-order valence-corrected chi connectivity index (χ4v) is 11.3. The third kappa shape index (κ3) is 9.66. The number of aliphatic hydroxyl groups is 2. The predicted octanol–water partition coefficient (Wildman–Crippen LogP) is 8.48. The van der Waals surface area contributed by atoms with Gasteiger partial charge in [0.2, 0.25) is 0 Å². The number of ether oxygens (including phenoxy) is 1. The molecule has 0 amide bonds. The minimum atomic E-state index is -1.79. The maximum absolute atomic E-state index is 14.9. The van der Waals surface area contributed by atoms with E-state index in [1.165, 1.54) is 12.7 Å². The second kappa shape index (κ2) is 19.5. The smallest absolute Gasteiger partial charge is 0.173 e. The summed E-state index contributed by atoms with van der Waals surface area (Å²) < 4.78 is 5.48. The minimum Gasteiger partial charge on any atom is -0.504 e. The van der Waals surface area contributed by atoms with Gasteiger partial charge in [0.05, 0.1) is 25.0 Å². The number of rotatable bonds is 11. The van der Waals surface area contributed by atoms with Crippen LogP contribution in [0.3, 0.4) is 0 Å². The molecule has 3 aromatic rings. The number of dihydropyridines is 1.